The Morgan fingerprint density at radius 1 is 1.00 bits per heavy atom. The molecule has 2 fully saturated rings. The van der Waals surface area contributed by atoms with E-state index in [0.717, 1.165) is 51.6 Å². The molecule has 1 aromatic carbocycles. The van der Waals surface area contributed by atoms with E-state index in [-0.39, 0.29) is 5.92 Å². The average molecular weight is 300 g/mol. The number of hydrogen-bond acceptors (Lipinski definition) is 2. The molecule has 120 valence electrons. The predicted octanol–water partition coefficient (Wildman–Crippen LogP) is 3.17. The van der Waals surface area contributed by atoms with Gasteiger partial charge in [-0.05, 0) is 63.1 Å². The number of amides is 1. The van der Waals surface area contributed by atoms with E-state index in [1.54, 1.807) is 0 Å². The van der Waals surface area contributed by atoms with E-state index in [4.69, 9.17) is 0 Å². The number of nitrogens with zero attached hydrogens (tertiary/aromatic N) is 1. The van der Waals surface area contributed by atoms with Gasteiger partial charge in [0.2, 0.25) is 5.91 Å². The second-order valence-electron chi connectivity index (χ2n) is 6.89. The molecule has 22 heavy (non-hydrogen) atoms. The van der Waals surface area contributed by atoms with E-state index < -0.39 is 0 Å². The van der Waals surface area contributed by atoms with Gasteiger partial charge in [0.1, 0.15) is 0 Å². The lowest BCUT2D eigenvalue weighted by Gasteiger charge is -2.36. The summed E-state index contributed by atoms with van der Waals surface area (Å²) in [5, 5.41) is 3.37. The van der Waals surface area contributed by atoms with E-state index in [9.17, 15) is 4.79 Å². The molecule has 3 heteroatoms. The van der Waals surface area contributed by atoms with Gasteiger partial charge in [-0.25, -0.2) is 0 Å². The summed E-state index contributed by atoms with van der Waals surface area (Å²) in [6.07, 6.45) is 6.60. The minimum Gasteiger partial charge on any atom is -0.342 e. The van der Waals surface area contributed by atoms with Crippen LogP contribution in [-0.2, 0) is 4.79 Å². The smallest absolute Gasteiger partial charge is 0.225 e. The van der Waals surface area contributed by atoms with Crippen LogP contribution in [0.25, 0.3) is 0 Å². The number of carbonyl (C=O) groups excluding carboxylic acids is 1. The van der Waals surface area contributed by atoms with Crippen molar-refractivity contribution in [1.29, 1.82) is 0 Å². The highest BCUT2D eigenvalue weighted by Crippen LogP contribution is 2.36. The van der Waals surface area contributed by atoms with Crippen molar-refractivity contribution in [2.24, 2.45) is 5.92 Å². The van der Waals surface area contributed by atoms with Crippen LogP contribution in [0.1, 0.15) is 50.0 Å². The lowest BCUT2D eigenvalue weighted by molar-refractivity contribution is -0.137. The molecular weight excluding hydrogens is 272 g/mol. The number of carbonyl (C=O) groups is 1. The second-order valence-corrected chi connectivity index (χ2v) is 6.89. The first-order valence-electron chi connectivity index (χ1n) is 8.78. The number of rotatable bonds is 3. The molecule has 1 aliphatic heterocycles. The van der Waals surface area contributed by atoms with Gasteiger partial charge in [0, 0.05) is 19.0 Å². The van der Waals surface area contributed by atoms with E-state index >= 15 is 0 Å². The number of nitrogens with one attached hydrogen (secondary N) is 1. The topological polar surface area (TPSA) is 32.3 Å². The number of hydrogen-bond donors (Lipinski definition) is 1. The fraction of sp³-hybridized carbons (Fsp3) is 0.632. The van der Waals surface area contributed by atoms with Gasteiger partial charge in [-0.2, -0.15) is 0 Å². The molecule has 1 N–H and O–H groups in total. The maximum absolute atomic E-state index is 12.7. The van der Waals surface area contributed by atoms with Gasteiger partial charge < -0.3 is 10.2 Å². The van der Waals surface area contributed by atoms with Crippen LogP contribution < -0.4 is 5.32 Å². The van der Waals surface area contributed by atoms with Crippen LogP contribution in [0.15, 0.2) is 30.3 Å². The molecule has 0 atom stereocenters. The summed E-state index contributed by atoms with van der Waals surface area (Å²) in [7, 11) is 2.02. The van der Waals surface area contributed by atoms with Gasteiger partial charge in [-0.3, -0.25) is 4.79 Å². The molecule has 0 radical (unpaired) electrons. The Kier molecular flexibility index (Phi) is 5.14. The monoisotopic (exact) mass is 300 g/mol. The molecule has 2 aliphatic rings. The quantitative estimate of drug-likeness (QED) is 0.930. The third-order valence-corrected chi connectivity index (χ3v) is 5.55. The molecule has 1 saturated heterocycles. The SMILES string of the molecule is CN(C(=O)C1CCC(c2ccccc2)CC1)C1CCNCC1. The zero-order valence-electron chi connectivity index (χ0n) is 13.6. The zero-order valence-corrected chi connectivity index (χ0v) is 13.6. The molecular formula is C19H28N2O. The van der Waals surface area contributed by atoms with Crippen molar-refractivity contribution in [3.05, 3.63) is 35.9 Å². The standard InChI is InChI=1S/C19H28N2O/c1-21(18-11-13-20-14-12-18)19(22)17-9-7-16(8-10-17)15-5-3-2-4-6-15/h2-6,16-18,20H,7-14H2,1H3. The first kappa shape index (κ1) is 15.5. The molecule has 0 spiro atoms. The number of piperidine rings is 1. The van der Waals surface area contributed by atoms with E-state index in [1.807, 2.05) is 11.9 Å². The highest BCUT2D eigenvalue weighted by Gasteiger charge is 2.31. The third kappa shape index (κ3) is 3.52. The highest BCUT2D eigenvalue weighted by atomic mass is 16.2. The van der Waals surface area contributed by atoms with Crippen molar-refractivity contribution in [3.8, 4) is 0 Å². The molecule has 1 aromatic rings. The van der Waals surface area contributed by atoms with Crippen molar-refractivity contribution in [2.45, 2.75) is 50.5 Å². The fourth-order valence-corrected chi connectivity index (χ4v) is 4.06. The minimum absolute atomic E-state index is 0.250. The summed E-state index contributed by atoms with van der Waals surface area (Å²) in [5.74, 6) is 1.28. The molecule has 0 bridgehead atoms. The van der Waals surface area contributed by atoms with Crippen LogP contribution in [0.3, 0.4) is 0 Å². The maximum atomic E-state index is 12.7. The van der Waals surface area contributed by atoms with Gasteiger partial charge in [-0.15, -0.1) is 0 Å². The lowest BCUT2D eigenvalue weighted by Crippen LogP contribution is -2.46. The van der Waals surface area contributed by atoms with Crippen LogP contribution in [0.5, 0.6) is 0 Å². The summed E-state index contributed by atoms with van der Waals surface area (Å²) in [4.78, 5) is 14.8. The van der Waals surface area contributed by atoms with Crippen molar-refractivity contribution in [2.75, 3.05) is 20.1 Å². The first-order chi connectivity index (χ1) is 10.8. The maximum Gasteiger partial charge on any atom is 0.225 e. The van der Waals surface area contributed by atoms with Crippen LogP contribution in [0.4, 0.5) is 0 Å². The summed E-state index contributed by atoms with van der Waals surface area (Å²) in [5.41, 5.74) is 1.44. The van der Waals surface area contributed by atoms with E-state index in [2.05, 4.69) is 35.6 Å². The molecule has 1 saturated carbocycles. The predicted molar refractivity (Wildman–Crippen MR) is 89.8 cm³/mol. The summed E-state index contributed by atoms with van der Waals surface area (Å²) < 4.78 is 0. The van der Waals surface area contributed by atoms with Crippen LogP contribution in [-0.4, -0.2) is 37.0 Å². The fourth-order valence-electron chi connectivity index (χ4n) is 4.06. The Hall–Kier alpha value is -1.35. The van der Waals surface area contributed by atoms with E-state index in [1.165, 1.54) is 5.56 Å². The average Bonchev–Trinajstić information content (AvgIpc) is 2.62. The molecule has 0 unspecified atom stereocenters. The van der Waals surface area contributed by atoms with Gasteiger partial charge in [0.15, 0.2) is 0 Å². The largest absolute Gasteiger partial charge is 0.342 e. The summed E-state index contributed by atoms with van der Waals surface area (Å²) in [6.45, 7) is 2.09. The summed E-state index contributed by atoms with van der Waals surface area (Å²) in [6, 6.07) is 11.2. The van der Waals surface area contributed by atoms with Crippen LogP contribution in [0, 0.1) is 5.92 Å². The number of benzene rings is 1. The minimum atomic E-state index is 0.250. The van der Waals surface area contributed by atoms with Crippen molar-refractivity contribution in [1.82, 2.24) is 10.2 Å². The van der Waals surface area contributed by atoms with Crippen molar-refractivity contribution in [3.63, 3.8) is 0 Å². The van der Waals surface area contributed by atoms with Gasteiger partial charge in [-0.1, -0.05) is 30.3 Å². The van der Waals surface area contributed by atoms with Crippen molar-refractivity contribution < 1.29 is 4.79 Å². The summed E-state index contributed by atoms with van der Waals surface area (Å²) >= 11 is 0. The van der Waals surface area contributed by atoms with Gasteiger partial charge in [0.05, 0.1) is 0 Å². The Morgan fingerprint density at radius 3 is 2.27 bits per heavy atom. The first-order valence-corrected chi connectivity index (χ1v) is 8.78. The van der Waals surface area contributed by atoms with Gasteiger partial charge >= 0.3 is 0 Å². The van der Waals surface area contributed by atoms with Gasteiger partial charge in [0.25, 0.3) is 0 Å². The Balaban J connectivity index is 1.53. The molecule has 3 rings (SSSR count). The molecule has 1 heterocycles. The van der Waals surface area contributed by atoms with Crippen molar-refractivity contribution >= 4 is 5.91 Å². The van der Waals surface area contributed by atoms with E-state index in [0.29, 0.717) is 17.9 Å². The molecule has 3 nitrogen and oxygen atoms in total. The normalized spacial score (nSPS) is 26.6. The lowest BCUT2D eigenvalue weighted by atomic mass is 9.78. The Morgan fingerprint density at radius 2 is 1.64 bits per heavy atom. The second kappa shape index (κ2) is 7.28. The highest BCUT2D eigenvalue weighted by molar-refractivity contribution is 5.79. The molecule has 1 amide bonds. The molecule has 1 aliphatic carbocycles. The van der Waals surface area contributed by atoms with Crippen LogP contribution >= 0.6 is 0 Å². The third-order valence-electron chi connectivity index (χ3n) is 5.55. The molecule has 0 aromatic heterocycles. The zero-order chi connectivity index (χ0) is 15.4. The Bertz CT molecular complexity index is 473. The Labute approximate surface area is 134 Å². The van der Waals surface area contributed by atoms with Crippen LogP contribution in [0.2, 0.25) is 0 Å².